The largest absolute Gasteiger partial charge is 0.442 e. The van der Waals surface area contributed by atoms with E-state index in [9.17, 15) is 13.2 Å². The molecule has 24 heavy (non-hydrogen) atoms. The number of hydrogen-bond donors (Lipinski definition) is 0. The van der Waals surface area contributed by atoms with Crippen LogP contribution in [0.25, 0.3) is 6.08 Å². The molecule has 0 spiro atoms. The van der Waals surface area contributed by atoms with Gasteiger partial charge in [-0.05, 0) is 37.6 Å². The van der Waals surface area contributed by atoms with Crippen LogP contribution in [0.5, 0.6) is 0 Å². The predicted octanol–water partition coefficient (Wildman–Crippen LogP) is 3.49. The zero-order chi connectivity index (χ0) is 17.3. The topological polar surface area (TPSA) is 63.7 Å². The zero-order valence-electron chi connectivity index (χ0n) is 13.4. The first-order valence-electron chi connectivity index (χ1n) is 7.44. The summed E-state index contributed by atoms with van der Waals surface area (Å²) in [6, 6.07) is 13.9. The van der Waals surface area contributed by atoms with Crippen molar-refractivity contribution in [3.63, 3.8) is 0 Å². The molecule has 1 saturated heterocycles. The Balaban J connectivity index is 2.01. The molecule has 3 rings (SSSR count). The van der Waals surface area contributed by atoms with E-state index < -0.39 is 16.1 Å². The Morgan fingerprint density at radius 2 is 1.50 bits per heavy atom. The highest BCUT2D eigenvalue weighted by Crippen LogP contribution is 2.27. The standard InChI is InChI=1S/C18H17NO4S/c1-13-3-7-15(8-4-13)11-16-12-23-18(20)19(16)24(21,22)17-9-5-14(2)6-10-17/h3-11H,12H2,1-2H3/b16-11+. The van der Waals surface area contributed by atoms with Crippen LogP contribution in [-0.4, -0.2) is 25.4 Å². The highest BCUT2D eigenvalue weighted by atomic mass is 32.2. The summed E-state index contributed by atoms with van der Waals surface area (Å²) in [5.41, 5.74) is 3.14. The molecule has 0 radical (unpaired) electrons. The molecule has 0 bridgehead atoms. The van der Waals surface area contributed by atoms with Crippen LogP contribution >= 0.6 is 0 Å². The predicted molar refractivity (Wildman–Crippen MR) is 90.7 cm³/mol. The van der Waals surface area contributed by atoms with Crippen LogP contribution < -0.4 is 0 Å². The lowest BCUT2D eigenvalue weighted by Crippen LogP contribution is -2.30. The highest BCUT2D eigenvalue weighted by Gasteiger charge is 2.38. The van der Waals surface area contributed by atoms with Crippen LogP contribution in [0, 0.1) is 13.8 Å². The van der Waals surface area contributed by atoms with Gasteiger partial charge in [0.25, 0.3) is 10.0 Å². The molecule has 1 aliphatic rings. The van der Waals surface area contributed by atoms with Crippen LogP contribution in [0.15, 0.2) is 59.1 Å². The second-order valence-electron chi connectivity index (χ2n) is 5.68. The van der Waals surface area contributed by atoms with E-state index in [1.54, 1.807) is 18.2 Å². The average Bonchev–Trinajstić information content (AvgIpc) is 2.91. The van der Waals surface area contributed by atoms with Gasteiger partial charge in [0.15, 0.2) is 0 Å². The first-order chi connectivity index (χ1) is 11.4. The fourth-order valence-corrected chi connectivity index (χ4v) is 3.75. The molecule has 0 unspecified atom stereocenters. The van der Waals surface area contributed by atoms with Gasteiger partial charge in [-0.2, -0.15) is 4.31 Å². The smallest absolute Gasteiger partial charge is 0.428 e. The molecule has 1 heterocycles. The molecule has 0 N–H and O–H groups in total. The normalized spacial score (nSPS) is 16.5. The van der Waals surface area contributed by atoms with Gasteiger partial charge in [-0.1, -0.05) is 47.5 Å². The number of amides is 1. The molecule has 124 valence electrons. The average molecular weight is 343 g/mol. The molecule has 5 nitrogen and oxygen atoms in total. The van der Waals surface area contributed by atoms with E-state index in [1.807, 2.05) is 38.1 Å². The Bertz CT molecular complexity index is 897. The van der Waals surface area contributed by atoms with Gasteiger partial charge in [0, 0.05) is 0 Å². The molecule has 0 aliphatic carbocycles. The lowest BCUT2D eigenvalue weighted by atomic mass is 10.1. The van der Waals surface area contributed by atoms with Gasteiger partial charge >= 0.3 is 6.09 Å². The first-order valence-corrected chi connectivity index (χ1v) is 8.88. The van der Waals surface area contributed by atoms with Crippen molar-refractivity contribution in [1.82, 2.24) is 4.31 Å². The summed E-state index contributed by atoms with van der Waals surface area (Å²) in [6.45, 7) is 3.76. The van der Waals surface area contributed by atoms with Crippen molar-refractivity contribution in [3.8, 4) is 0 Å². The number of nitrogens with zero attached hydrogens (tertiary/aromatic N) is 1. The summed E-state index contributed by atoms with van der Waals surface area (Å²) in [6.07, 6.45) is 0.768. The third-order valence-electron chi connectivity index (χ3n) is 3.74. The summed E-state index contributed by atoms with van der Waals surface area (Å²) in [4.78, 5) is 12.1. The van der Waals surface area contributed by atoms with Crippen LogP contribution in [0.1, 0.15) is 16.7 Å². The van der Waals surface area contributed by atoms with Crippen molar-refractivity contribution in [2.75, 3.05) is 6.61 Å². The fourth-order valence-electron chi connectivity index (χ4n) is 2.39. The Morgan fingerprint density at radius 1 is 0.958 bits per heavy atom. The first kappa shape index (κ1) is 16.3. The van der Waals surface area contributed by atoms with Gasteiger partial charge in [-0.3, -0.25) is 0 Å². The third kappa shape index (κ3) is 3.05. The second kappa shape index (κ2) is 6.13. The molecule has 6 heteroatoms. The number of hydrogen-bond acceptors (Lipinski definition) is 4. The molecule has 2 aromatic carbocycles. The van der Waals surface area contributed by atoms with Gasteiger partial charge in [-0.15, -0.1) is 0 Å². The number of carbonyl (C=O) groups excluding carboxylic acids is 1. The maximum Gasteiger partial charge on any atom is 0.428 e. The number of ether oxygens (including phenoxy) is 1. The van der Waals surface area contributed by atoms with Crippen LogP contribution in [-0.2, 0) is 14.8 Å². The molecular formula is C18H17NO4S. The zero-order valence-corrected chi connectivity index (χ0v) is 14.2. The fraction of sp³-hybridized carbons (Fsp3) is 0.167. The Kier molecular flexibility index (Phi) is 4.15. The second-order valence-corrected chi connectivity index (χ2v) is 7.47. The molecule has 2 aromatic rings. The summed E-state index contributed by atoms with van der Waals surface area (Å²) in [5.74, 6) is 0. The summed E-state index contributed by atoms with van der Waals surface area (Å²) in [5, 5.41) is 0. The lowest BCUT2D eigenvalue weighted by molar-refractivity contribution is 0.170. The van der Waals surface area contributed by atoms with Crippen molar-refractivity contribution in [1.29, 1.82) is 0 Å². The van der Waals surface area contributed by atoms with Crippen molar-refractivity contribution in [2.45, 2.75) is 18.7 Å². The molecule has 1 fully saturated rings. The van der Waals surface area contributed by atoms with E-state index in [0.29, 0.717) is 5.70 Å². The summed E-state index contributed by atoms with van der Waals surface area (Å²) < 4.78 is 31.3. The molecule has 1 amide bonds. The SMILES string of the molecule is Cc1ccc(/C=C2\COC(=O)N2S(=O)(=O)c2ccc(C)cc2)cc1. The third-order valence-corrected chi connectivity index (χ3v) is 5.47. The van der Waals surface area contributed by atoms with Gasteiger partial charge < -0.3 is 4.74 Å². The van der Waals surface area contributed by atoms with E-state index in [4.69, 9.17) is 4.74 Å². The summed E-state index contributed by atoms with van der Waals surface area (Å²) in [7, 11) is -3.99. The van der Waals surface area contributed by atoms with Crippen molar-refractivity contribution in [3.05, 3.63) is 70.9 Å². The van der Waals surface area contributed by atoms with Crippen molar-refractivity contribution in [2.24, 2.45) is 0 Å². The number of cyclic esters (lactones) is 1. The van der Waals surface area contributed by atoms with E-state index in [0.717, 1.165) is 21.0 Å². The van der Waals surface area contributed by atoms with Crippen molar-refractivity contribution < 1.29 is 17.9 Å². The maximum atomic E-state index is 12.8. The Morgan fingerprint density at radius 3 is 2.08 bits per heavy atom. The van der Waals surface area contributed by atoms with Crippen molar-refractivity contribution >= 4 is 22.2 Å². The molecular weight excluding hydrogens is 326 g/mol. The van der Waals surface area contributed by atoms with E-state index in [-0.39, 0.29) is 11.5 Å². The van der Waals surface area contributed by atoms with Gasteiger partial charge in [0.05, 0.1) is 10.6 Å². The van der Waals surface area contributed by atoms with E-state index in [2.05, 4.69) is 0 Å². The lowest BCUT2D eigenvalue weighted by Gasteiger charge is -2.15. The Hall–Kier alpha value is -2.60. The quantitative estimate of drug-likeness (QED) is 0.856. The van der Waals surface area contributed by atoms with Gasteiger partial charge in [0.1, 0.15) is 6.61 Å². The van der Waals surface area contributed by atoms with Gasteiger partial charge in [-0.25, -0.2) is 13.2 Å². The molecule has 0 saturated carbocycles. The summed E-state index contributed by atoms with van der Waals surface area (Å²) >= 11 is 0. The maximum absolute atomic E-state index is 12.8. The minimum absolute atomic E-state index is 0.0572. The highest BCUT2D eigenvalue weighted by molar-refractivity contribution is 7.89. The number of carbonyl (C=O) groups is 1. The number of benzene rings is 2. The van der Waals surface area contributed by atoms with E-state index in [1.165, 1.54) is 12.1 Å². The number of aryl methyl sites for hydroxylation is 2. The Labute approximate surface area is 141 Å². The van der Waals surface area contributed by atoms with Crippen LogP contribution in [0.4, 0.5) is 4.79 Å². The van der Waals surface area contributed by atoms with Gasteiger partial charge in [0.2, 0.25) is 0 Å². The number of sulfonamides is 1. The minimum Gasteiger partial charge on any atom is -0.442 e. The minimum atomic E-state index is -3.99. The molecule has 1 aliphatic heterocycles. The van der Waals surface area contributed by atoms with Crippen LogP contribution in [0.3, 0.4) is 0 Å². The van der Waals surface area contributed by atoms with E-state index >= 15 is 0 Å². The molecule has 0 aromatic heterocycles. The number of rotatable bonds is 3. The molecule has 0 atom stereocenters. The van der Waals surface area contributed by atoms with Crippen LogP contribution in [0.2, 0.25) is 0 Å². The monoisotopic (exact) mass is 343 g/mol.